The predicted octanol–water partition coefficient (Wildman–Crippen LogP) is 5.05. The summed E-state index contributed by atoms with van der Waals surface area (Å²) in [6.45, 7) is 0.0417. The summed E-state index contributed by atoms with van der Waals surface area (Å²) in [7, 11) is 1.58. The quantitative estimate of drug-likeness (QED) is 0.379. The van der Waals surface area contributed by atoms with Crippen LogP contribution in [0.1, 0.15) is 5.69 Å². The van der Waals surface area contributed by atoms with Gasteiger partial charge in [-0.2, -0.15) is 5.10 Å². The monoisotopic (exact) mass is 445 g/mol. The third-order valence-corrected chi connectivity index (χ3v) is 5.26. The van der Waals surface area contributed by atoms with Crippen LogP contribution in [0, 0.1) is 11.6 Å². The standard InChI is InChI=1S/C25H17F2N3O3/c1-32-18-9-6-15(7-10-18)24-28-17(14-33-24)13-30-25(31)20-5-3-2-4-19(20)23(29-30)16-8-11-21(26)22(27)12-16/h2-12,14H,13H2,1H3. The van der Waals surface area contributed by atoms with E-state index in [-0.39, 0.29) is 12.1 Å². The molecule has 0 unspecified atom stereocenters. The van der Waals surface area contributed by atoms with Crippen molar-refractivity contribution in [3.8, 4) is 28.5 Å². The fourth-order valence-electron chi connectivity index (χ4n) is 3.60. The van der Waals surface area contributed by atoms with Gasteiger partial charge in [-0.25, -0.2) is 18.4 Å². The molecule has 0 aliphatic carbocycles. The van der Waals surface area contributed by atoms with Crippen molar-refractivity contribution in [2.75, 3.05) is 7.11 Å². The highest BCUT2D eigenvalue weighted by Crippen LogP contribution is 2.26. The zero-order chi connectivity index (χ0) is 22.9. The zero-order valence-corrected chi connectivity index (χ0v) is 17.5. The molecule has 0 N–H and O–H groups in total. The van der Waals surface area contributed by atoms with Crippen LogP contribution in [0.4, 0.5) is 8.78 Å². The minimum Gasteiger partial charge on any atom is -0.497 e. The predicted molar refractivity (Wildman–Crippen MR) is 119 cm³/mol. The summed E-state index contributed by atoms with van der Waals surface area (Å²) in [5.41, 5.74) is 1.64. The van der Waals surface area contributed by atoms with Crippen LogP contribution < -0.4 is 10.3 Å². The lowest BCUT2D eigenvalue weighted by atomic mass is 10.0. The number of oxazole rings is 1. The summed E-state index contributed by atoms with van der Waals surface area (Å²) < 4.78 is 39.4. The fraction of sp³-hybridized carbons (Fsp3) is 0.0800. The first-order valence-corrected chi connectivity index (χ1v) is 10.1. The molecule has 6 nitrogen and oxygen atoms in total. The van der Waals surface area contributed by atoms with Crippen molar-refractivity contribution in [3.63, 3.8) is 0 Å². The normalized spacial score (nSPS) is 11.1. The van der Waals surface area contributed by atoms with Crippen molar-refractivity contribution < 1.29 is 17.9 Å². The number of aromatic nitrogens is 3. The number of fused-ring (bicyclic) bond motifs is 1. The number of hydrogen-bond acceptors (Lipinski definition) is 5. The molecular formula is C25H17F2N3O3. The lowest BCUT2D eigenvalue weighted by Gasteiger charge is -2.10. The van der Waals surface area contributed by atoms with E-state index in [1.54, 1.807) is 43.5 Å². The molecule has 5 rings (SSSR count). The van der Waals surface area contributed by atoms with E-state index < -0.39 is 11.6 Å². The van der Waals surface area contributed by atoms with Crippen LogP contribution in [0.3, 0.4) is 0 Å². The maximum absolute atomic E-state index is 13.9. The first kappa shape index (κ1) is 20.6. The molecule has 0 spiro atoms. The molecule has 0 radical (unpaired) electrons. The zero-order valence-electron chi connectivity index (χ0n) is 17.5. The minimum absolute atomic E-state index is 0.0417. The third kappa shape index (κ3) is 3.87. The van der Waals surface area contributed by atoms with Crippen molar-refractivity contribution in [3.05, 3.63) is 101 Å². The molecular weight excluding hydrogens is 428 g/mol. The van der Waals surface area contributed by atoms with Crippen LogP contribution >= 0.6 is 0 Å². The van der Waals surface area contributed by atoms with Gasteiger partial charge in [-0.1, -0.05) is 18.2 Å². The molecule has 2 heterocycles. The van der Waals surface area contributed by atoms with Gasteiger partial charge in [0.25, 0.3) is 5.56 Å². The van der Waals surface area contributed by atoms with E-state index in [0.29, 0.717) is 39.4 Å². The first-order chi connectivity index (χ1) is 16.0. The van der Waals surface area contributed by atoms with Crippen LogP contribution in [0.15, 0.2) is 82.2 Å². The molecule has 0 atom stereocenters. The van der Waals surface area contributed by atoms with Crippen molar-refractivity contribution in [2.45, 2.75) is 6.54 Å². The van der Waals surface area contributed by atoms with Crippen molar-refractivity contribution in [1.29, 1.82) is 0 Å². The van der Waals surface area contributed by atoms with Crippen LogP contribution in [-0.2, 0) is 6.54 Å². The van der Waals surface area contributed by atoms with Crippen LogP contribution in [0.2, 0.25) is 0 Å². The van der Waals surface area contributed by atoms with Gasteiger partial charge in [-0.05, 0) is 48.5 Å². The van der Waals surface area contributed by atoms with Crippen LogP contribution in [0.25, 0.3) is 33.5 Å². The van der Waals surface area contributed by atoms with Crippen molar-refractivity contribution >= 4 is 10.8 Å². The number of rotatable bonds is 5. The Kier molecular flexibility index (Phi) is 5.18. The number of hydrogen-bond donors (Lipinski definition) is 0. The van der Waals surface area contributed by atoms with Crippen LogP contribution in [-0.4, -0.2) is 21.9 Å². The summed E-state index contributed by atoms with van der Waals surface area (Å²) in [6, 6.07) is 17.6. The average molecular weight is 445 g/mol. The Morgan fingerprint density at radius 2 is 1.67 bits per heavy atom. The second kappa shape index (κ2) is 8.31. The molecule has 0 saturated carbocycles. The minimum atomic E-state index is -0.989. The number of benzene rings is 3. The highest BCUT2D eigenvalue weighted by atomic mass is 19.2. The second-order valence-electron chi connectivity index (χ2n) is 7.36. The molecule has 0 aliphatic heterocycles. The molecule has 8 heteroatoms. The van der Waals surface area contributed by atoms with Crippen molar-refractivity contribution in [1.82, 2.24) is 14.8 Å². The van der Waals surface area contributed by atoms with E-state index in [2.05, 4.69) is 10.1 Å². The van der Waals surface area contributed by atoms with E-state index in [0.717, 1.165) is 17.7 Å². The second-order valence-corrected chi connectivity index (χ2v) is 7.36. The van der Waals surface area contributed by atoms with E-state index in [1.165, 1.54) is 17.0 Å². The number of methoxy groups -OCH3 is 1. The molecule has 0 fully saturated rings. The third-order valence-electron chi connectivity index (χ3n) is 5.26. The van der Waals surface area contributed by atoms with Gasteiger partial charge in [-0.3, -0.25) is 4.79 Å². The van der Waals surface area contributed by atoms with Crippen LogP contribution in [0.5, 0.6) is 5.75 Å². The Labute approximate surface area is 186 Å². The first-order valence-electron chi connectivity index (χ1n) is 10.1. The Balaban J connectivity index is 1.56. The number of ether oxygens (including phenoxy) is 1. The van der Waals surface area contributed by atoms with Gasteiger partial charge in [0.15, 0.2) is 11.6 Å². The van der Waals surface area contributed by atoms with Gasteiger partial charge in [0.1, 0.15) is 17.7 Å². The van der Waals surface area contributed by atoms with E-state index in [1.807, 2.05) is 12.1 Å². The Hall–Kier alpha value is -4.33. The average Bonchev–Trinajstić information content (AvgIpc) is 3.31. The summed E-state index contributed by atoms with van der Waals surface area (Å²) in [5, 5.41) is 5.41. The van der Waals surface area contributed by atoms with Gasteiger partial charge in [-0.15, -0.1) is 0 Å². The van der Waals surface area contributed by atoms with E-state index >= 15 is 0 Å². The smallest absolute Gasteiger partial charge is 0.275 e. The van der Waals surface area contributed by atoms with Gasteiger partial charge in [0.05, 0.1) is 24.7 Å². The molecule has 33 heavy (non-hydrogen) atoms. The molecule has 5 aromatic rings. The topological polar surface area (TPSA) is 70.2 Å². The lowest BCUT2D eigenvalue weighted by molar-refractivity contribution is 0.415. The van der Waals surface area contributed by atoms with Gasteiger partial charge >= 0.3 is 0 Å². The Morgan fingerprint density at radius 3 is 2.39 bits per heavy atom. The maximum atomic E-state index is 13.9. The summed E-state index contributed by atoms with van der Waals surface area (Å²) in [4.78, 5) is 17.5. The van der Waals surface area contributed by atoms with E-state index in [9.17, 15) is 13.6 Å². The van der Waals surface area contributed by atoms with Crippen molar-refractivity contribution in [2.24, 2.45) is 0 Å². The van der Waals surface area contributed by atoms with E-state index in [4.69, 9.17) is 9.15 Å². The summed E-state index contributed by atoms with van der Waals surface area (Å²) in [6.07, 6.45) is 1.46. The lowest BCUT2D eigenvalue weighted by Crippen LogP contribution is -2.24. The molecule has 0 amide bonds. The maximum Gasteiger partial charge on any atom is 0.275 e. The number of nitrogens with zero attached hydrogens (tertiary/aromatic N) is 3. The molecule has 2 aromatic heterocycles. The van der Waals surface area contributed by atoms with Gasteiger partial charge in [0, 0.05) is 16.5 Å². The highest BCUT2D eigenvalue weighted by molar-refractivity contribution is 5.93. The largest absolute Gasteiger partial charge is 0.497 e. The van der Waals surface area contributed by atoms with Gasteiger partial charge < -0.3 is 9.15 Å². The molecule has 0 bridgehead atoms. The molecule has 0 saturated heterocycles. The molecule has 164 valence electrons. The summed E-state index contributed by atoms with van der Waals surface area (Å²) >= 11 is 0. The van der Waals surface area contributed by atoms with Gasteiger partial charge in [0.2, 0.25) is 5.89 Å². The Morgan fingerprint density at radius 1 is 0.939 bits per heavy atom. The number of halogens is 2. The molecule has 3 aromatic carbocycles. The highest BCUT2D eigenvalue weighted by Gasteiger charge is 2.16. The SMILES string of the molecule is COc1ccc(-c2nc(Cn3nc(-c4ccc(F)c(F)c4)c4ccccc4c3=O)co2)cc1. The summed E-state index contributed by atoms with van der Waals surface area (Å²) in [5.74, 6) is -0.841. The fourth-order valence-corrected chi connectivity index (χ4v) is 3.60. The Bertz CT molecular complexity index is 1520. The molecule has 0 aliphatic rings.